The van der Waals surface area contributed by atoms with Crippen LogP contribution in [-0.2, 0) is 20.7 Å². The first kappa shape index (κ1) is 15.5. The van der Waals surface area contributed by atoms with Gasteiger partial charge in [0.2, 0.25) is 5.91 Å². The summed E-state index contributed by atoms with van der Waals surface area (Å²) >= 11 is 0. The Kier molecular flexibility index (Phi) is 4.63. The zero-order chi connectivity index (χ0) is 15.6. The van der Waals surface area contributed by atoms with E-state index in [0.717, 1.165) is 16.7 Å². The second-order valence-electron chi connectivity index (χ2n) is 5.54. The molecule has 114 valence electrons. The van der Waals surface area contributed by atoms with E-state index in [2.05, 4.69) is 0 Å². The van der Waals surface area contributed by atoms with Crippen molar-refractivity contribution < 1.29 is 19.4 Å². The van der Waals surface area contributed by atoms with Gasteiger partial charge in [0.15, 0.2) is 0 Å². The lowest BCUT2D eigenvalue weighted by atomic mass is 9.99. The van der Waals surface area contributed by atoms with Crippen LogP contribution >= 0.6 is 0 Å². The van der Waals surface area contributed by atoms with Crippen LogP contribution < -0.4 is 0 Å². The van der Waals surface area contributed by atoms with Crippen LogP contribution in [0.3, 0.4) is 0 Å². The third kappa shape index (κ3) is 3.24. The van der Waals surface area contributed by atoms with Crippen molar-refractivity contribution in [2.45, 2.75) is 38.8 Å². The topological polar surface area (TPSA) is 66.8 Å². The van der Waals surface area contributed by atoms with Gasteiger partial charge in [-0.1, -0.05) is 18.2 Å². The summed E-state index contributed by atoms with van der Waals surface area (Å²) in [7, 11) is 1.54. The standard InChI is InChI=1S/C16H21NO4/c1-10-5-4-6-11(2)13(10)8-15(18)17-9-12(21-3)7-14(17)16(19)20/h4-6,12,14H,7-9H2,1-3H3,(H,19,20). The van der Waals surface area contributed by atoms with Crippen LogP contribution in [0.15, 0.2) is 18.2 Å². The van der Waals surface area contributed by atoms with E-state index in [4.69, 9.17) is 4.74 Å². The Hall–Kier alpha value is -1.88. The highest BCUT2D eigenvalue weighted by molar-refractivity contribution is 5.86. The predicted octanol–water partition coefficient (Wildman–Crippen LogP) is 1.55. The number of carbonyl (C=O) groups excluding carboxylic acids is 1. The quantitative estimate of drug-likeness (QED) is 0.914. The molecule has 1 aliphatic heterocycles. The normalized spacial score (nSPS) is 21.6. The van der Waals surface area contributed by atoms with Crippen molar-refractivity contribution in [3.05, 3.63) is 34.9 Å². The fourth-order valence-corrected chi connectivity index (χ4v) is 2.86. The van der Waals surface area contributed by atoms with Gasteiger partial charge in [-0.05, 0) is 30.5 Å². The van der Waals surface area contributed by atoms with Crippen LogP contribution in [0.25, 0.3) is 0 Å². The maximum absolute atomic E-state index is 12.5. The first-order valence-electron chi connectivity index (χ1n) is 7.04. The molecule has 2 rings (SSSR count). The van der Waals surface area contributed by atoms with Gasteiger partial charge in [0.05, 0.1) is 12.5 Å². The number of methoxy groups -OCH3 is 1. The highest BCUT2D eigenvalue weighted by Crippen LogP contribution is 2.23. The first-order chi connectivity index (χ1) is 9.93. The third-order valence-corrected chi connectivity index (χ3v) is 4.17. The molecule has 1 heterocycles. The Balaban J connectivity index is 2.17. The van der Waals surface area contributed by atoms with Crippen LogP contribution in [0.1, 0.15) is 23.1 Å². The van der Waals surface area contributed by atoms with Crippen LogP contribution in [0.5, 0.6) is 0 Å². The van der Waals surface area contributed by atoms with Gasteiger partial charge < -0.3 is 14.7 Å². The van der Waals surface area contributed by atoms with E-state index in [1.807, 2.05) is 32.0 Å². The molecule has 0 saturated carbocycles. The molecule has 0 radical (unpaired) electrons. The molecule has 1 saturated heterocycles. The average molecular weight is 291 g/mol. The number of carboxylic acids is 1. The number of hydrogen-bond donors (Lipinski definition) is 1. The van der Waals surface area contributed by atoms with Gasteiger partial charge in [-0.25, -0.2) is 4.79 Å². The van der Waals surface area contributed by atoms with Crippen molar-refractivity contribution in [2.24, 2.45) is 0 Å². The Labute approximate surface area is 124 Å². The zero-order valence-electron chi connectivity index (χ0n) is 12.6. The number of ether oxygens (including phenoxy) is 1. The molecule has 1 aromatic carbocycles. The van der Waals surface area contributed by atoms with Crippen molar-refractivity contribution in [3.8, 4) is 0 Å². The molecule has 5 heteroatoms. The van der Waals surface area contributed by atoms with E-state index in [0.29, 0.717) is 13.0 Å². The van der Waals surface area contributed by atoms with Crippen LogP contribution in [-0.4, -0.2) is 47.7 Å². The molecule has 1 aliphatic rings. The average Bonchev–Trinajstić information content (AvgIpc) is 2.87. The molecule has 0 spiro atoms. The number of hydrogen-bond acceptors (Lipinski definition) is 3. The number of likely N-dealkylation sites (tertiary alicyclic amines) is 1. The van der Waals surface area contributed by atoms with Crippen molar-refractivity contribution in [1.29, 1.82) is 0 Å². The van der Waals surface area contributed by atoms with Gasteiger partial charge in [0.1, 0.15) is 6.04 Å². The van der Waals surface area contributed by atoms with Gasteiger partial charge in [-0.2, -0.15) is 0 Å². The Morgan fingerprint density at radius 1 is 1.33 bits per heavy atom. The number of aryl methyl sites for hydroxylation is 2. The summed E-state index contributed by atoms with van der Waals surface area (Å²) in [5.74, 6) is -1.12. The summed E-state index contributed by atoms with van der Waals surface area (Å²) in [6.07, 6.45) is 0.385. The van der Waals surface area contributed by atoms with E-state index in [1.54, 1.807) is 7.11 Å². The number of aliphatic carboxylic acids is 1. The molecule has 2 atom stereocenters. The van der Waals surface area contributed by atoms with Crippen LogP contribution in [0.4, 0.5) is 0 Å². The summed E-state index contributed by atoms with van der Waals surface area (Å²) in [4.78, 5) is 25.3. The lowest BCUT2D eigenvalue weighted by molar-refractivity contribution is -0.148. The number of rotatable bonds is 4. The highest BCUT2D eigenvalue weighted by atomic mass is 16.5. The molecule has 2 unspecified atom stereocenters. The summed E-state index contributed by atoms with van der Waals surface area (Å²) in [6, 6.07) is 5.10. The van der Waals surface area contributed by atoms with Crippen LogP contribution in [0, 0.1) is 13.8 Å². The van der Waals surface area contributed by atoms with E-state index in [9.17, 15) is 14.7 Å². The number of benzene rings is 1. The van der Waals surface area contributed by atoms with Gasteiger partial charge in [-0.3, -0.25) is 4.79 Å². The second kappa shape index (κ2) is 6.26. The van der Waals surface area contributed by atoms with E-state index in [1.165, 1.54) is 4.90 Å². The van der Waals surface area contributed by atoms with E-state index >= 15 is 0 Å². The number of amides is 1. The van der Waals surface area contributed by atoms with Gasteiger partial charge in [0, 0.05) is 20.1 Å². The summed E-state index contributed by atoms with van der Waals surface area (Å²) in [6.45, 7) is 4.27. The summed E-state index contributed by atoms with van der Waals surface area (Å²) < 4.78 is 5.21. The Morgan fingerprint density at radius 2 is 1.95 bits per heavy atom. The molecule has 0 bridgehead atoms. The number of nitrogens with zero attached hydrogens (tertiary/aromatic N) is 1. The Morgan fingerprint density at radius 3 is 2.48 bits per heavy atom. The van der Waals surface area contributed by atoms with Gasteiger partial charge >= 0.3 is 5.97 Å². The maximum Gasteiger partial charge on any atom is 0.326 e. The molecule has 1 aromatic rings. The summed E-state index contributed by atoms with van der Waals surface area (Å²) in [5.41, 5.74) is 3.09. The zero-order valence-corrected chi connectivity index (χ0v) is 12.6. The molecular weight excluding hydrogens is 270 g/mol. The number of carbonyl (C=O) groups is 2. The first-order valence-corrected chi connectivity index (χ1v) is 7.04. The minimum atomic E-state index is -0.968. The maximum atomic E-state index is 12.5. The molecule has 1 amide bonds. The molecule has 1 N–H and O–H groups in total. The van der Waals surface area contributed by atoms with Crippen molar-refractivity contribution in [1.82, 2.24) is 4.90 Å². The SMILES string of the molecule is COC1CC(C(=O)O)N(C(=O)Cc2c(C)cccc2C)C1. The highest BCUT2D eigenvalue weighted by Gasteiger charge is 2.39. The molecule has 1 fully saturated rings. The van der Waals surface area contributed by atoms with Crippen LogP contribution in [0.2, 0.25) is 0 Å². The van der Waals surface area contributed by atoms with Crippen molar-refractivity contribution in [3.63, 3.8) is 0 Å². The smallest absolute Gasteiger partial charge is 0.326 e. The van der Waals surface area contributed by atoms with E-state index < -0.39 is 12.0 Å². The minimum Gasteiger partial charge on any atom is -0.480 e. The lowest BCUT2D eigenvalue weighted by Crippen LogP contribution is -2.41. The van der Waals surface area contributed by atoms with Gasteiger partial charge in [0.25, 0.3) is 0 Å². The fraction of sp³-hybridized carbons (Fsp3) is 0.500. The second-order valence-corrected chi connectivity index (χ2v) is 5.54. The molecule has 5 nitrogen and oxygen atoms in total. The van der Waals surface area contributed by atoms with Gasteiger partial charge in [-0.15, -0.1) is 0 Å². The monoisotopic (exact) mass is 291 g/mol. The third-order valence-electron chi connectivity index (χ3n) is 4.17. The van der Waals surface area contributed by atoms with Crippen molar-refractivity contribution in [2.75, 3.05) is 13.7 Å². The molecule has 0 aromatic heterocycles. The Bertz CT molecular complexity index is 535. The minimum absolute atomic E-state index is 0.153. The summed E-state index contributed by atoms with van der Waals surface area (Å²) in [5, 5.41) is 9.27. The number of carboxylic acid groups (broad SMARTS) is 1. The molecule has 21 heavy (non-hydrogen) atoms. The lowest BCUT2D eigenvalue weighted by Gasteiger charge is -2.22. The molecular formula is C16H21NO4. The predicted molar refractivity (Wildman–Crippen MR) is 78.2 cm³/mol. The largest absolute Gasteiger partial charge is 0.480 e. The molecule has 0 aliphatic carbocycles. The van der Waals surface area contributed by atoms with E-state index in [-0.39, 0.29) is 18.4 Å². The van der Waals surface area contributed by atoms with Crippen molar-refractivity contribution >= 4 is 11.9 Å². The fourth-order valence-electron chi connectivity index (χ4n) is 2.86.